The maximum Gasteiger partial charge on any atom is 0.141 e. The minimum atomic E-state index is -1.20. The van der Waals surface area contributed by atoms with Crippen LogP contribution in [0, 0.1) is 13.8 Å². The molecule has 2 heterocycles. The number of aryl methyl sites for hydroxylation is 2. The molecule has 2 aromatic rings. The number of rotatable bonds is 3. The Morgan fingerprint density at radius 3 is 2.82 bits per heavy atom. The van der Waals surface area contributed by atoms with Crippen molar-refractivity contribution in [2.75, 3.05) is 0 Å². The summed E-state index contributed by atoms with van der Waals surface area (Å²) < 4.78 is 18.0. The summed E-state index contributed by atoms with van der Waals surface area (Å²) in [5, 5.41) is 4.39. The van der Waals surface area contributed by atoms with Crippen molar-refractivity contribution >= 4 is 26.7 Å². The largest absolute Gasteiger partial charge is 0.361 e. The molecular formula is C11H11BrN2O2S. The normalized spacial score (nSPS) is 12.6. The van der Waals surface area contributed by atoms with Gasteiger partial charge in [-0.3, -0.25) is 4.21 Å². The van der Waals surface area contributed by atoms with Gasteiger partial charge < -0.3 is 4.52 Å². The van der Waals surface area contributed by atoms with Crippen LogP contribution in [-0.4, -0.2) is 14.3 Å². The van der Waals surface area contributed by atoms with Gasteiger partial charge in [-0.25, -0.2) is 4.98 Å². The molecule has 2 aromatic heterocycles. The van der Waals surface area contributed by atoms with E-state index in [0.717, 1.165) is 15.7 Å². The number of aromatic nitrogens is 2. The summed E-state index contributed by atoms with van der Waals surface area (Å²) in [5.74, 6) is 1.08. The molecule has 0 aromatic carbocycles. The Bertz CT molecular complexity index is 549. The van der Waals surface area contributed by atoms with Crippen LogP contribution in [0.4, 0.5) is 0 Å². The van der Waals surface area contributed by atoms with E-state index < -0.39 is 10.8 Å². The summed E-state index contributed by atoms with van der Waals surface area (Å²) in [7, 11) is -1.20. The highest BCUT2D eigenvalue weighted by Gasteiger charge is 2.16. The van der Waals surface area contributed by atoms with Crippen LogP contribution in [0.25, 0.3) is 0 Å². The quantitative estimate of drug-likeness (QED) is 0.874. The van der Waals surface area contributed by atoms with Crippen LogP contribution >= 0.6 is 15.9 Å². The van der Waals surface area contributed by atoms with E-state index in [-0.39, 0.29) is 0 Å². The number of nitrogens with zero attached hydrogens (tertiary/aromatic N) is 2. The van der Waals surface area contributed by atoms with Gasteiger partial charge in [0.05, 0.1) is 26.7 Å². The lowest BCUT2D eigenvalue weighted by Crippen LogP contribution is -2.01. The van der Waals surface area contributed by atoms with Crippen LogP contribution in [0.5, 0.6) is 0 Å². The van der Waals surface area contributed by atoms with Crippen molar-refractivity contribution in [1.82, 2.24) is 10.1 Å². The second kappa shape index (κ2) is 5.10. The monoisotopic (exact) mass is 314 g/mol. The average Bonchev–Trinajstić information content (AvgIpc) is 2.61. The molecule has 0 aliphatic heterocycles. The first kappa shape index (κ1) is 12.4. The van der Waals surface area contributed by atoms with Crippen molar-refractivity contribution in [1.29, 1.82) is 0 Å². The van der Waals surface area contributed by atoms with Crippen molar-refractivity contribution in [3.8, 4) is 0 Å². The fraction of sp³-hybridized carbons (Fsp3) is 0.273. The second-order valence-corrected chi connectivity index (χ2v) is 5.80. The predicted molar refractivity (Wildman–Crippen MR) is 68.0 cm³/mol. The number of halogens is 1. The second-order valence-electron chi connectivity index (χ2n) is 3.58. The summed E-state index contributed by atoms with van der Waals surface area (Å²) in [6.07, 6.45) is 1.63. The predicted octanol–water partition coefficient (Wildman–Crippen LogP) is 2.76. The average molecular weight is 315 g/mol. The van der Waals surface area contributed by atoms with E-state index in [1.54, 1.807) is 12.3 Å². The van der Waals surface area contributed by atoms with Crippen LogP contribution < -0.4 is 0 Å². The van der Waals surface area contributed by atoms with Gasteiger partial charge in [0.2, 0.25) is 0 Å². The Morgan fingerprint density at radius 1 is 1.47 bits per heavy atom. The maximum atomic E-state index is 12.2. The highest BCUT2D eigenvalue weighted by molar-refractivity contribution is 9.10. The van der Waals surface area contributed by atoms with Gasteiger partial charge in [-0.15, -0.1) is 0 Å². The molecule has 1 unspecified atom stereocenters. The molecule has 4 nitrogen and oxygen atoms in total. The summed E-state index contributed by atoms with van der Waals surface area (Å²) in [4.78, 5) is 4.12. The standard InChI is InChI=1S/C11H11BrN2O2S/c1-7-9(8(2)16-14-7)6-17(15)11-10(12)4-3-5-13-11/h3-5H,6H2,1-2H3. The Kier molecular flexibility index (Phi) is 3.73. The third kappa shape index (κ3) is 2.63. The Balaban J connectivity index is 2.27. The maximum absolute atomic E-state index is 12.2. The van der Waals surface area contributed by atoms with Crippen LogP contribution in [0.15, 0.2) is 32.4 Å². The van der Waals surface area contributed by atoms with Crippen LogP contribution in [0.3, 0.4) is 0 Å². The summed E-state index contributed by atoms with van der Waals surface area (Å²) >= 11 is 3.34. The molecule has 0 bridgehead atoms. The molecule has 0 fully saturated rings. The first-order valence-electron chi connectivity index (χ1n) is 5.00. The number of hydrogen-bond donors (Lipinski definition) is 0. The third-order valence-electron chi connectivity index (χ3n) is 2.40. The fourth-order valence-corrected chi connectivity index (χ4v) is 3.52. The minimum Gasteiger partial charge on any atom is -0.361 e. The van der Waals surface area contributed by atoms with Gasteiger partial charge in [-0.1, -0.05) is 5.16 Å². The van der Waals surface area contributed by atoms with E-state index in [4.69, 9.17) is 4.52 Å². The Labute approximate surface area is 110 Å². The zero-order valence-corrected chi connectivity index (χ0v) is 11.8. The van der Waals surface area contributed by atoms with Crippen molar-refractivity contribution in [3.05, 3.63) is 39.8 Å². The van der Waals surface area contributed by atoms with E-state index in [2.05, 4.69) is 26.1 Å². The third-order valence-corrected chi connectivity index (χ3v) is 4.61. The van der Waals surface area contributed by atoms with Crippen LogP contribution in [0.1, 0.15) is 17.0 Å². The van der Waals surface area contributed by atoms with Gasteiger partial charge in [0.25, 0.3) is 0 Å². The smallest absolute Gasteiger partial charge is 0.141 e. The molecule has 0 aliphatic carbocycles. The van der Waals surface area contributed by atoms with E-state index >= 15 is 0 Å². The Morgan fingerprint density at radius 2 is 2.24 bits per heavy atom. The van der Waals surface area contributed by atoms with Gasteiger partial charge in [-0.2, -0.15) is 0 Å². The van der Waals surface area contributed by atoms with Crippen molar-refractivity contribution in [2.45, 2.75) is 24.6 Å². The molecule has 0 aliphatic rings. The molecule has 0 spiro atoms. The van der Waals surface area contributed by atoms with E-state index in [9.17, 15) is 4.21 Å². The molecular weight excluding hydrogens is 304 g/mol. The molecule has 2 rings (SSSR count). The fourth-order valence-electron chi connectivity index (χ4n) is 1.45. The zero-order valence-electron chi connectivity index (χ0n) is 9.44. The zero-order chi connectivity index (χ0) is 12.4. The molecule has 17 heavy (non-hydrogen) atoms. The van der Waals surface area contributed by atoms with E-state index in [0.29, 0.717) is 16.5 Å². The van der Waals surface area contributed by atoms with Gasteiger partial charge in [0.15, 0.2) is 0 Å². The molecule has 0 N–H and O–H groups in total. The van der Waals surface area contributed by atoms with E-state index in [1.165, 1.54) is 0 Å². The highest BCUT2D eigenvalue weighted by Crippen LogP contribution is 2.22. The van der Waals surface area contributed by atoms with Gasteiger partial charge in [0, 0.05) is 11.8 Å². The summed E-state index contributed by atoms with van der Waals surface area (Å²) in [5.41, 5.74) is 1.67. The topological polar surface area (TPSA) is 56.0 Å². The lowest BCUT2D eigenvalue weighted by molar-refractivity contribution is 0.392. The SMILES string of the molecule is Cc1noc(C)c1CS(=O)c1ncccc1Br. The van der Waals surface area contributed by atoms with Crippen molar-refractivity contribution in [2.24, 2.45) is 0 Å². The summed E-state index contributed by atoms with van der Waals surface area (Å²) in [6, 6.07) is 3.62. The molecule has 0 radical (unpaired) electrons. The van der Waals surface area contributed by atoms with Crippen molar-refractivity contribution < 1.29 is 8.73 Å². The van der Waals surface area contributed by atoms with Crippen LogP contribution in [0.2, 0.25) is 0 Å². The lowest BCUT2D eigenvalue weighted by atomic mass is 10.2. The first-order chi connectivity index (χ1) is 8.09. The van der Waals surface area contributed by atoms with Gasteiger partial charge >= 0.3 is 0 Å². The minimum absolute atomic E-state index is 0.372. The Hall–Kier alpha value is -1.01. The van der Waals surface area contributed by atoms with Crippen LogP contribution in [-0.2, 0) is 16.6 Å². The molecule has 90 valence electrons. The first-order valence-corrected chi connectivity index (χ1v) is 7.11. The van der Waals surface area contributed by atoms with Crippen molar-refractivity contribution in [3.63, 3.8) is 0 Å². The molecule has 0 saturated heterocycles. The molecule has 0 saturated carbocycles. The summed E-state index contributed by atoms with van der Waals surface area (Å²) in [6.45, 7) is 3.66. The molecule has 6 heteroatoms. The van der Waals surface area contributed by atoms with Gasteiger partial charge in [-0.05, 0) is 41.9 Å². The molecule has 0 amide bonds. The number of pyridine rings is 1. The highest BCUT2D eigenvalue weighted by atomic mass is 79.9. The lowest BCUT2D eigenvalue weighted by Gasteiger charge is -2.03. The van der Waals surface area contributed by atoms with E-state index in [1.807, 2.05) is 19.9 Å². The molecule has 1 atom stereocenters. The number of hydrogen-bond acceptors (Lipinski definition) is 4. The van der Waals surface area contributed by atoms with Gasteiger partial charge in [0.1, 0.15) is 10.8 Å².